The van der Waals surface area contributed by atoms with Crippen LogP contribution in [0.25, 0.3) is 11.0 Å². The fourth-order valence-corrected chi connectivity index (χ4v) is 9.27. The number of aromatic nitrogens is 3. The molecule has 4 aliphatic rings. The van der Waals surface area contributed by atoms with Crippen LogP contribution in [0.3, 0.4) is 0 Å². The molecule has 6 rings (SSSR count). The average Bonchev–Trinajstić information content (AvgIpc) is 3.34. The molecule has 7 heteroatoms. The zero-order valence-electron chi connectivity index (χ0n) is 21.1. The Morgan fingerprint density at radius 2 is 1.77 bits per heavy atom. The number of hydrogen-bond donors (Lipinski definition) is 1. The van der Waals surface area contributed by atoms with Crippen LogP contribution in [0.2, 0.25) is 0 Å². The molecule has 0 amide bonds. The van der Waals surface area contributed by atoms with Crippen LogP contribution in [-0.4, -0.2) is 31.5 Å². The molecule has 190 valence electrons. The molecule has 8 atom stereocenters. The van der Waals surface area contributed by atoms with Crippen LogP contribution in [0.15, 0.2) is 12.1 Å². The predicted molar refractivity (Wildman–Crippen MR) is 128 cm³/mol. The van der Waals surface area contributed by atoms with Gasteiger partial charge < -0.3 is 5.11 Å². The molecule has 1 heterocycles. The number of rotatable bonds is 3. The van der Waals surface area contributed by atoms with E-state index in [4.69, 9.17) is 0 Å². The first-order valence-corrected chi connectivity index (χ1v) is 13.5. The molecule has 1 N–H and O–H groups in total. The van der Waals surface area contributed by atoms with E-state index in [0.717, 1.165) is 57.1 Å². The van der Waals surface area contributed by atoms with E-state index in [1.54, 1.807) is 0 Å². The van der Waals surface area contributed by atoms with Gasteiger partial charge in [0.1, 0.15) is 23.4 Å². The van der Waals surface area contributed by atoms with Crippen LogP contribution >= 0.6 is 0 Å². The first-order chi connectivity index (χ1) is 16.5. The summed E-state index contributed by atoms with van der Waals surface area (Å²) >= 11 is 0. The van der Waals surface area contributed by atoms with Crippen LogP contribution in [0.4, 0.5) is 8.78 Å². The highest BCUT2D eigenvalue weighted by atomic mass is 19.1. The van der Waals surface area contributed by atoms with Gasteiger partial charge >= 0.3 is 0 Å². The zero-order valence-corrected chi connectivity index (χ0v) is 21.1. The van der Waals surface area contributed by atoms with Crippen molar-refractivity contribution >= 4 is 16.8 Å². The molecule has 1 aromatic heterocycles. The Morgan fingerprint density at radius 1 is 1.00 bits per heavy atom. The molecule has 0 saturated heterocycles. The molecule has 0 aliphatic heterocycles. The lowest BCUT2D eigenvalue weighted by molar-refractivity contribution is -0.151. The SMILES string of the molecule is C[C@@]1(O)CC[C@@]2(C)[C@H](CC[C@@H]3[C@@H]2CC[C@]2(C)[C@@H](C(=O)Cn4nc5cc(F)cc(F)c5n4)CC[C@@H]32)C1. The molecule has 4 aliphatic carbocycles. The first-order valence-electron chi connectivity index (χ1n) is 13.5. The molecule has 35 heavy (non-hydrogen) atoms. The van der Waals surface area contributed by atoms with Crippen molar-refractivity contribution in [2.75, 3.05) is 0 Å². The highest BCUT2D eigenvalue weighted by Gasteiger charge is 2.61. The van der Waals surface area contributed by atoms with Gasteiger partial charge in [0.25, 0.3) is 0 Å². The number of nitrogens with zero attached hydrogens (tertiary/aromatic N) is 3. The summed E-state index contributed by atoms with van der Waals surface area (Å²) in [6.07, 6.45) is 9.50. The number of hydrogen-bond acceptors (Lipinski definition) is 4. The maximum Gasteiger partial charge on any atom is 0.159 e. The van der Waals surface area contributed by atoms with Crippen molar-refractivity contribution in [2.45, 2.75) is 90.7 Å². The Morgan fingerprint density at radius 3 is 2.57 bits per heavy atom. The Labute approximate surface area is 205 Å². The summed E-state index contributed by atoms with van der Waals surface area (Å²) in [5.74, 6) is 1.11. The third-order valence-corrected chi connectivity index (χ3v) is 11.1. The van der Waals surface area contributed by atoms with E-state index in [0.29, 0.717) is 29.1 Å². The van der Waals surface area contributed by atoms with Gasteiger partial charge in [0.2, 0.25) is 0 Å². The number of ketones is 1. The van der Waals surface area contributed by atoms with Crippen LogP contribution in [0, 0.1) is 52.1 Å². The lowest BCUT2D eigenvalue weighted by Gasteiger charge is -2.61. The maximum absolute atomic E-state index is 14.1. The number of aliphatic hydroxyl groups is 1. The predicted octanol–water partition coefficient (Wildman–Crippen LogP) is 5.69. The van der Waals surface area contributed by atoms with E-state index in [1.807, 2.05) is 6.92 Å². The summed E-state index contributed by atoms with van der Waals surface area (Å²) in [4.78, 5) is 14.8. The van der Waals surface area contributed by atoms with Gasteiger partial charge in [-0.25, -0.2) is 8.78 Å². The third-order valence-electron chi connectivity index (χ3n) is 11.1. The van der Waals surface area contributed by atoms with E-state index in [9.17, 15) is 18.7 Å². The minimum Gasteiger partial charge on any atom is -0.390 e. The molecule has 4 saturated carbocycles. The maximum atomic E-state index is 14.1. The summed E-state index contributed by atoms with van der Waals surface area (Å²) in [6, 6.07) is 1.95. The number of carbonyl (C=O) groups is 1. The molecular formula is C28H37F2N3O2. The first kappa shape index (κ1) is 23.5. The number of Topliss-reactive ketones (excluding diaryl/α,β-unsaturated/α-hetero) is 1. The van der Waals surface area contributed by atoms with Crippen molar-refractivity contribution in [3.8, 4) is 0 Å². The fourth-order valence-electron chi connectivity index (χ4n) is 9.27. The number of benzene rings is 1. The lowest BCUT2D eigenvalue weighted by Crippen LogP contribution is -2.55. The monoisotopic (exact) mass is 485 g/mol. The van der Waals surface area contributed by atoms with Crippen molar-refractivity contribution in [3.63, 3.8) is 0 Å². The van der Waals surface area contributed by atoms with Gasteiger partial charge in [-0.05, 0) is 99.2 Å². The van der Waals surface area contributed by atoms with E-state index in [1.165, 1.54) is 17.6 Å². The summed E-state index contributed by atoms with van der Waals surface area (Å²) in [5.41, 5.74) is -0.0987. The lowest BCUT2D eigenvalue weighted by atomic mass is 9.44. The van der Waals surface area contributed by atoms with Gasteiger partial charge in [-0.1, -0.05) is 13.8 Å². The molecule has 0 spiro atoms. The number of fused-ring (bicyclic) bond motifs is 6. The molecule has 4 fully saturated rings. The quantitative estimate of drug-likeness (QED) is 0.607. The van der Waals surface area contributed by atoms with Crippen molar-refractivity contribution < 1.29 is 18.7 Å². The van der Waals surface area contributed by atoms with Crippen LogP contribution in [-0.2, 0) is 11.3 Å². The smallest absolute Gasteiger partial charge is 0.159 e. The molecule has 0 bridgehead atoms. The second kappa shape index (κ2) is 7.80. The average molecular weight is 486 g/mol. The Bertz CT molecular complexity index is 1180. The molecular weight excluding hydrogens is 448 g/mol. The van der Waals surface area contributed by atoms with Crippen molar-refractivity contribution in [3.05, 3.63) is 23.8 Å². The molecule has 1 aromatic carbocycles. The van der Waals surface area contributed by atoms with E-state index < -0.39 is 17.2 Å². The van der Waals surface area contributed by atoms with Crippen molar-refractivity contribution in [1.29, 1.82) is 0 Å². The fraction of sp³-hybridized carbons (Fsp3) is 0.750. The second-order valence-corrected chi connectivity index (χ2v) is 13.0. The van der Waals surface area contributed by atoms with Gasteiger partial charge in [-0.15, -0.1) is 5.10 Å². The van der Waals surface area contributed by atoms with Crippen molar-refractivity contribution in [2.24, 2.45) is 40.4 Å². The molecule has 0 unspecified atom stereocenters. The van der Waals surface area contributed by atoms with Crippen molar-refractivity contribution in [1.82, 2.24) is 15.0 Å². The van der Waals surface area contributed by atoms with Gasteiger partial charge in [0.05, 0.1) is 5.60 Å². The summed E-state index contributed by atoms with van der Waals surface area (Å²) in [7, 11) is 0. The van der Waals surface area contributed by atoms with Gasteiger partial charge in [0, 0.05) is 18.1 Å². The molecule has 0 radical (unpaired) electrons. The molecule has 2 aromatic rings. The Balaban J connectivity index is 1.21. The van der Waals surface area contributed by atoms with Crippen LogP contribution in [0.5, 0.6) is 0 Å². The summed E-state index contributed by atoms with van der Waals surface area (Å²) in [5, 5.41) is 19.1. The normalized spacial score (nSPS) is 43.0. The second-order valence-electron chi connectivity index (χ2n) is 13.0. The van der Waals surface area contributed by atoms with Crippen LogP contribution < -0.4 is 0 Å². The largest absolute Gasteiger partial charge is 0.390 e. The van der Waals surface area contributed by atoms with E-state index in [2.05, 4.69) is 24.0 Å². The van der Waals surface area contributed by atoms with E-state index in [-0.39, 0.29) is 34.7 Å². The van der Waals surface area contributed by atoms with E-state index >= 15 is 0 Å². The third kappa shape index (κ3) is 3.59. The topological polar surface area (TPSA) is 68.0 Å². The van der Waals surface area contributed by atoms with Gasteiger partial charge in [-0.2, -0.15) is 9.90 Å². The highest BCUT2D eigenvalue weighted by molar-refractivity contribution is 5.82. The minimum atomic E-state index is -0.752. The molecule has 5 nitrogen and oxygen atoms in total. The Kier molecular flexibility index (Phi) is 5.24. The highest BCUT2D eigenvalue weighted by Crippen LogP contribution is 2.68. The van der Waals surface area contributed by atoms with Crippen LogP contribution in [0.1, 0.15) is 78.6 Å². The summed E-state index contributed by atoms with van der Waals surface area (Å²) < 4.78 is 27.6. The van der Waals surface area contributed by atoms with Gasteiger partial charge in [0.15, 0.2) is 11.6 Å². The Hall–Kier alpha value is -1.89. The number of halogens is 2. The minimum absolute atomic E-state index is 0.00564. The standard InChI is InChI=1S/C28H37F2N3O2/c1-26(35)10-11-27(2)16(14-26)4-5-18-19-6-7-21(28(19,3)9-8-20(18)27)24(34)15-33-31-23-13-17(29)12-22(30)25(23)32-33/h12-13,16,18-21,35H,4-11,14-15H2,1-3H3/t16-,18+,19+,20+,21-,26-,27+,28+/m1/s1. The number of carbonyl (C=O) groups excluding carboxylic acids is 1. The zero-order chi connectivity index (χ0) is 24.8. The summed E-state index contributed by atoms with van der Waals surface area (Å²) in [6.45, 7) is 6.82. The van der Waals surface area contributed by atoms with Gasteiger partial charge in [-0.3, -0.25) is 4.79 Å².